The minimum absolute atomic E-state index is 0.00492. The fourth-order valence-corrected chi connectivity index (χ4v) is 4.05. The summed E-state index contributed by atoms with van der Waals surface area (Å²) in [5, 5.41) is 0. The highest BCUT2D eigenvalue weighted by Crippen LogP contribution is 2.41. The molecule has 2 aliphatic heterocycles. The SMILES string of the molecule is C[C@@H]1C[C@@H]1C(=O)N1CCn2cc(CC(=O)N3CCCC3)nc2[C@@H]1C. The monoisotopic (exact) mass is 330 g/mol. The van der Waals surface area contributed by atoms with Crippen LogP contribution in [0.3, 0.4) is 0 Å². The van der Waals surface area contributed by atoms with Crippen molar-refractivity contribution in [1.29, 1.82) is 0 Å². The molecular formula is C18H26N4O2. The van der Waals surface area contributed by atoms with Crippen LogP contribution in [-0.4, -0.2) is 50.8 Å². The summed E-state index contributed by atoms with van der Waals surface area (Å²) >= 11 is 0. The zero-order chi connectivity index (χ0) is 16.8. The lowest BCUT2D eigenvalue weighted by atomic mass is 10.1. The molecule has 1 saturated carbocycles. The number of carbonyl (C=O) groups is 2. The molecule has 130 valence electrons. The molecule has 0 bridgehead atoms. The fourth-order valence-electron chi connectivity index (χ4n) is 4.05. The highest BCUT2D eigenvalue weighted by molar-refractivity contribution is 5.82. The number of hydrogen-bond acceptors (Lipinski definition) is 3. The van der Waals surface area contributed by atoms with E-state index in [1.165, 1.54) is 0 Å². The van der Waals surface area contributed by atoms with Crippen LogP contribution in [0.4, 0.5) is 0 Å². The van der Waals surface area contributed by atoms with Gasteiger partial charge in [0, 0.05) is 38.3 Å². The number of hydrogen-bond donors (Lipinski definition) is 0. The van der Waals surface area contributed by atoms with Crippen LogP contribution in [0, 0.1) is 11.8 Å². The van der Waals surface area contributed by atoms with Crippen LogP contribution in [-0.2, 0) is 22.6 Å². The summed E-state index contributed by atoms with van der Waals surface area (Å²) in [6, 6.07) is -0.00492. The third kappa shape index (κ3) is 2.72. The number of amides is 2. The minimum Gasteiger partial charge on any atom is -0.342 e. The van der Waals surface area contributed by atoms with E-state index < -0.39 is 0 Å². The lowest BCUT2D eigenvalue weighted by Gasteiger charge is -2.34. The number of fused-ring (bicyclic) bond motifs is 1. The Morgan fingerprint density at radius 2 is 1.88 bits per heavy atom. The maximum Gasteiger partial charge on any atom is 0.228 e. The third-order valence-electron chi connectivity index (χ3n) is 5.78. The second-order valence-electron chi connectivity index (χ2n) is 7.58. The van der Waals surface area contributed by atoms with Crippen LogP contribution < -0.4 is 0 Å². The Morgan fingerprint density at radius 3 is 2.54 bits per heavy atom. The van der Waals surface area contributed by atoms with Gasteiger partial charge in [0.2, 0.25) is 11.8 Å². The summed E-state index contributed by atoms with van der Waals surface area (Å²) in [6.45, 7) is 7.47. The average molecular weight is 330 g/mol. The van der Waals surface area contributed by atoms with Gasteiger partial charge in [-0.15, -0.1) is 0 Å². The highest BCUT2D eigenvalue weighted by atomic mass is 16.2. The molecule has 0 radical (unpaired) electrons. The van der Waals surface area contributed by atoms with Crippen molar-refractivity contribution in [2.75, 3.05) is 19.6 Å². The first kappa shape index (κ1) is 15.7. The topological polar surface area (TPSA) is 58.4 Å². The smallest absolute Gasteiger partial charge is 0.228 e. The molecule has 3 aliphatic rings. The second kappa shape index (κ2) is 5.90. The van der Waals surface area contributed by atoms with Gasteiger partial charge in [-0.2, -0.15) is 0 Å². The predicted octanol–water partition coefficient (Wildman–Crippen LogP) is 1.61. The van der Waals surface area contributed by atoms with Crippen molar-refractivity contribution < 1.29 is 9.59 Å². The first-order valence-corrected chi connectivity index (χ1v) is 9.19. The van der Waals surface area contributed by atoms with Gasteiger partial charge in [-0.05, 0) is 32.1 Å². The van der Waals surface area contributed by atoms with Gasteiger partial charge in [-0.1, -0.05) is 6.92 Å². The molecule has 3 atom stereocenters. The van der Waals surface area contributed by atoms with Crippen LogP contribution in [0.15, 0.2) is 6.20 Å². The van der Waals surface area contributed by atoms with E-state index in [4.69, 9.17) is 4.98 Å². The van der Waals surface area contributed by atoms with Crippen molar-refractivity contribution in [3.05, 3.63) is 17.7 Å². The number of aromatic nitrogens is 2. The summed E-state index contributed by atoms with van der Waals surface area (Å²) in [7, 11) is 0. The molecule has 6 heteroatoms. The molecule has 0 unspecified atom stereocenters. The standard InChI is InChI=1S/C18H26N4O2/c1-12-9-15(12)18(24)22-8-7-21-11-14(19-17(21)13(22)2)10-16(23)20-5-3-4-6-20/h11-13,15H,3-10H2,1-2H3/t12-,13+,15+/m1/s1. The molecule has 1 aromatic rings. The van der Waals surface area contributed by atoms with Crippen molar-refractivity contribution in [1.82, 2.24) is 19.4 Å². The summed E-state index contributed by atoms with van der Waals surface area (Å²) in [4.78, 5) is 33.5. The van der Waals surface area contributed by atoms with E-state index in [1.807, 2.05) is 16.0 Å². The molecule has 24 heavy (non-hydrogen) atoms. The summed E-state index contributed by atoms with van der Waals surface area (Å²) < 4.78 is 2.12. The largest absolute Gasteiger partial charge is 0.342 e. The van der Waals surface area contributed by atoms with Crippen molar-refractivity contribution in [2.45, 2.75) is 52.1 Å². The molecule has 2 fully saturated rings. The van der Waals surface area contributed by atoms with E-state index >= 15 is 0 Å². The first-order chi connectivity index (χ1) is 11.5. The Morgan fingerprint density at radius 1 is 1.17 bits per heavy atom. The van der Waals surface area contributed by atoms with Crippen LogP contribution in [0.25, 0.3) is 0 Å². The lowest BCUT2D eigenvalue weighted by Crippen LogP contribution is -2.42. The van der Waals surface area contributed by atoms with Gasteiger partial charge in [-0.25, -0.2) is 4.98 Å². The lowest BCUT2D eigenvalue weighted by molar-refractivity contribution is -0.136. The van der Waals surface area contributed by atoms with E-state index in [1.54, 1.807) is 0 Å². The van der Waals surface area contributed by atoms with Crippen molar-refractivity contribution in [2.24, 2.45) is 11.8 Å². The van der Waals surface area contributed by atoms with Gasteiger partial charge in [0.25, 0.3) is 0 Å². The van der Waals surface area contributed by atoms with E-state index in [9.17, 15) is 9.59 Å². The molecule has 0 aromatic carbocycles. The Balaban J connectivity index is 1.46. The minimum atomic E-state index is -0.00492. The molecule has 2 amide bonds. The molecule has 1 saturated heterocycles. The van der Waals surface area contributed by atoms with Crippen molar-refractivity contribution in [3.63, 3.8) is 0 Å². The van der Waals surface area contributed by atoms with Gasteiger partial charge < -0.3 is 14.4 Å². The number of imidazole rings is 1. The Hall–Kier alpha value is -1.85. The molecular weight excluding hydrogens is 304 g/mol. The molecule has 0 N–H and O–H groups in total. The molecule has 3 heterocycles. The number of carbonyl (C=O) groups excluding carboxylic acids is 2. The Bertz CT molecular complexity index is 662. The zero-order valence-electron chi connectivity index (χ0n) is 14.6. The molecule has 4 rings (SSSR count). The number of rotatable bonds is 3. The molecule has 1 aromatic heterocycles. The Kier molecular flexibility index (Phi) is 3.85. The maximum absolute atomic E-state index is 12.6. The van der Waals surface area contributed by atoms with Gasteiger partial charge in [0.05, 0.1) is 18.2 Å². The van der Waals surface area contributed by atoms with Crippen LogP contribution in [0.5, 0.6) is 0 Å². The fraction of sp³-hybridized carbons (Fsp3) is 0.722. The van der Waals surface area contributed by atoms with Crippen LogP contribution >= 0.6 is 0 Å². The van der Waals surface area contributed by atoms with E-state index in [2.05, 4.69) is 18.4 Å². The van der Waals surface area contributed by atoms with Gasteiger partial charge >= 0.3 is 0 Å². The average Bonchev–Trinajstić information content (AvgIpc) is 2.96. The predicted molar refractivity (Wildman–Crippen MR) is 89.1 cm³/mol. The normalized spacial score (nSPS) is 28.8. The Labute approximate surface area is 142 Å². The van der Waals surface area contributed by atoms with Crippen molar-refractivity contribution in [3.8, 4) is 0 Å². The zero-order valence-corrected chi connectivity index (χ0v) is 14.6. The summed E-state index contributed by atoms with van der Waals surface area (Å²) in [5.74, 6) is 2.12. The molecule has 1 aliphatic carbocycles. The third-order valence-corrected chi connectivity index (χ3v) is 5.78. The van der Waals surface area contributed by atoms with Gasteiger partial charge in [0.1, 0.15) is 5.82 Å². The van der Waals surface area contributed by atoms with Crippen LogP contribution in [0.2, 0.25) is 0 Å². The molecule has 0 spiro atoms. The first-order valence-electron chi connectivity index (χ1n) is 9.19. The van der Waals surface area contributed by atoms with Crippen molar-refractivity contribution >= 4 is 11.8 Å². The van der Waals surface area contributed by atoms with E-state index in [-0.39, 0.29) is 23.8 Å². The molecule has 6 nitrogen and oxygen atoms in total. The quantitative estimate of drug-likeness (QED) is 0.846. The van der Waals surface area contributed by atoms with E-state index in [0.29, 0.717) is 12.3 Å². The summed E-state index contributed by atoms with van der Waals surface area (Å²) in [6.07, 6.45) is 5.62. The van der Waals surface area contributed by atoms with Gasteiger partial charge in [-0.3, -0.25) is 9.59 Å². The summed E-state index contributed by atoms with van der Waals surface area (Å²) in [5.41, 5.74) is 0.836. The number of nitrogens with zero attached hydrogens (tertiary/aromatic N) is 4. The highest BCUT2D eigenvalue weighted by Gasteiger charge is 2.44. The van der Waals surface area contributed by atoms with Crippen LogP contribution in [0.1, 0.15) is 50.7 Å². The second-order valence-corrected chi connectivity index (χ2v) is 7.58. The van der Waals surface area contributed by atoms with Gasteiger partial charge in [0.15, 0.2) is 0 Å². The maximum atomic E-state index is 12.6. The van der Waals surface area contributed by atoms with E-state index in [0.717, 1.165) is 57.0 Å². The number of likely N-dealkylation sites (tertiary alicyclic amines) is 1.